The Kier molecular flexibility index (Phi) is 5.41. The van der Waals surface area contributed by atoms with Crippen molar-refractivity contribution >= 4 is 17.6 Å². The topological polar surface area (TPSA) is 65.1 Å². The average molecular weight is 355 g/mol. The molecule has 6 nitrogen and oxygen atoms in total. The molecule has 2 aromatic carbocycles. The van der Waals surface area contributed by atoms with E-state index in [1.807, 2.05) is 37.3 Å². The van der Waals surface area contributed by atoms with Crippen LogP contribution in [0.25, 0.3) is 0 Å². The van der Waals surface area contributed by atoms with E-state index in [0.717, 1.165) is 11.3 Å². The van der Waals surface area contributed by atoms with Gasteiger partial charge in [-0.3, -0.25) is 4.79 Å². The van der Waals surface area contributed by atoms with Gasteiger partial charge in [0.1, 0.15) is 24.7 Å². The smallest absolute Gasteiger partial charge is 0.349 e. The number of rotatable bonds is 5. The Morgan fingerprint density at radius 2 is 1.85 bits per heavy atom. The van der Waals surface area contributed by atoms with Gasteiger partial charge in [0.05, 0.1) is 12.2 Å². The van der Waals surface area contributed by atoms with Crippen LogP contribution in [0, 0.1) is 6.92 Å². The maximum Gasteiger partial charge on any atom is 0.349 e. The van der Waals surface area contributed by atoms with E-state index in [9.17, 15) is 9.59 Å². The Labute approximate surface area is 152 Å². The van der Waals surface area contributed by atoms with Crippen molar-refractivity contribution < 1.29 is 23.8 Å². The molecule has 6 heteroatoms. The number of fused-ring (bicyclic) bond motifs is 1. The first-order valence-electron chi connectivity index (χ1n) is 8.44. The minimum absolute atomic E-state index is 0.105. The van der Waals surface area contributed by atoms with Crippen LogP contribution in [0.4, 0.5) is 5.69 Å². The molecule has 1 aliphatic rings. The highest BCUT2D eigenvalue weighted by molar-refractivity contribution is 5.95. The predicted octanol–water partition coefficient (Wildman–Crippen LogP) is 2.73. The molecular formula is C20H21NO5. The Bertz CT molecular complexity index is 787. The number of aryl methyl sites for hydroxylation is 1. The summed E-state index contributed by atoms with van der Waals surface area (Å²) in [5.41, 5.74) is 1.81. The highest BCUT2D eigenvalue weighted by atomic mass is 16.6. The molecular weight excluding hydrogens is 334 g/mol. The summed E-state index contributed by atoms with van der Waals surface area (Å²) in [5, 5.41) is 0. The van der Waals surface area contributed by atoms with Crippen molar-refractivity contribution in [1.29, 1.82) is 0 Å². The molecule has 2 aromatic rings. The van der Waals surface area contributed by atoms with Crippen LogP contribution in [0.3, 0.4) is 0 Å². The second kappa shape index (κ2) is 7.91. The number of amides is 1. The summed E-state index contributed by atoms with van der Waals surface area (Å²) in [6.07, 6.45) is -0.854. The lowest BCUT2D eigenvalue weighted by molar-refractivity contribution is -0.152. The van der Waals surface area contributed by atoms with Gasteiger partial charge < -0.3 is 19.1 Å². The number of ether oxygens (including phenoxy) is 3. The fraction of sp³-hybridized carbons (Fsp3) is 0.300. The molecule has 0 saturated heterocycles. The molecule has 0 aromatic heterocycles. The van der Waals surface area contributed by atoms with E-state index < -0.39 is 12.1 Å². The second-order valence-corrected chi connectivity index (χ2v) is 6.03. The Balaban J connectivity index is 1.53. The van der Waals surface area contributed by atoms with Crippen molar-refractivity contribution in [3.05, 3.63) is 54.1 Å². The molecule has 0 fully saturated rings. The third kappa shape index (κ3) is 4.14. The first-order valence-corrected chi connectivity index (χ1v) is 8.44. The molecule has 3 rings (SSSR count). The number of carbonyl (C=O) groups is 2. The maximum absolute atomic E-state index is 12.3. The van der Waals surface area contributed by atoms with Crippen LogP contribution in [0.5, 0.6) is 11.5 Å². The molecule has 0 saturated carbocycles. The number of nitrogens with zero attached hydrogens (tertiary/aromatic N) is 1. The average Bonchev–Trinajstić information content (AvgIpc) is 2.65. The summed E-state index contributed by atoms with van der Waals surface area (Å²) in [7, 11) is 0. The zero-order chi connectivity index (χ0) is 18.5. The van der Waals surface area contributed by atoms with Crippen molar-refractivity contribution in [1.82, 2.24) is 0 Å². The van der Waals surface area contributed by atoms with Crippen LogP contribution in [0.1, 0.15) is 12.5 Å². The molecule has 1 amide bonds. The molecule has 1 heterocycles. The number of hydrogen-bond donors (Lipinski definition) is 0. The van der Waals surface area contributed by atoms with Crippen molar-refractivity contribution in [2.75, 3.05) is 24.7 Å². The monoisotopic (exact) mass is 355 g/mol. The molecule has 0 aliphatic carbocycles. The number of esters is 1. The van der Waals surface area contributed by atoms with Gasteiger partial charge in [-0.05, 0) is 31.2 Å². The van der Waals surface area contributed by atoms with Gasteiger partial charge in [0.25, 0.3) is 0 Å². The van der Waals surface area contributed by atoms with E-state index in [2.05, 4.69) is 0 Å². The normalized spacial score (nSPS) is 15.6. The van der Waals surface area contributed by atoms with E-state index >= 15 is 0 Å². The quantitative estimate of drug-likeness (QED) is 0.609. The summed E-state index contributed by atoms with van der Waals surface area (Å²) in [5.74, 6) is 0.545. The highest BCUT2D eigenvalue weighted by Crippen LogP contribution is 2.33. The second-order valence-electron chi connectivity index (χ2n) is 6.03. The minimum Gasteiger partial charge on any atom is -0.490 e. The Morgan fingerprint density at radius 3 is 2.58 bits per heavy atom. The van der Waals surface area contributed by atoms with Crippen LogP contribution in [0.15, 0.2) is 48.5 Å². The van der Waals surface area contributed by atoms with Crippen LogP contribution in [0.2, 0.25) is 0 Å². The largest absolute Gasteiger partial charge is 0.490 e. The SMILES string of the molecule is CC(=O)N1CC(C(=O)OCCOc2ccc(C)cc2)Oc2ccccc21. The van der Waals surface area contributed by atoms with Crippen LogP contribution in [-0.4, -0.2) is 37.7 Å². The number of carbonyl (C=O) groups excluding carboxylic acids is 2. The van der Waals surface area contributed by atoms with Gasteiger partial charge >= 0.3 is 5.97 Å². The first kappa shape index (κ1) is 17.8. The zero-order valence-electron chi connectivity index (χ0n) is 14.8. The summed E-state index contributed by atoms with van der Waals surface area (Å²) in [4.78, 5) is 25.7. The molecule has 0 N–H and O–H groups in total. The van der Waals surface area contributed by atoms with Gasteiger partial charge in [0.2, 0.25) is 12.0 Å². The number of benzene rings is 2. The molecule has 1 aliphatic heterocycles. The molecule has 1 atom stereocenters. The third-order valence-corrected chi connectivity index (χ3v) is 4.03. The molecule has 1 unspecified atom stereocenters. The Hall–Kier alpha value is -3.02. The molecule has 0 bridgehead atoms. The van der Waals surface area contributed by atoms with Crippen LogP contribution < -0.4 is 14.4 Å². The van der Waals surface area contributed by atoms with Crippen molar-refractivity contribution in [3.8, 4) is 11.5 Å². The summed E-state index contributed by atoms with van der Waals surface area (Å²) in [6, 6.07) is 14.8. The van der Waals surface area contributed by atoms with Gasteiger partial charge in [0.15, 0.2) is 0 Å². The van der Waals surface area contributed by atoms with Crippen molar-refractivity contribution in [3.63, 3.8) is 0 Å². The molecule has 0 spiro atoms. The highest BCUT2D eigenvalue weighted by Gasteiger charge is 2.33. The van der Waals surface area contributed by atoms with E-state index in [0.29, 0.717) is 11.4 Å². The van der Waals surface area contributed by atoms with E-state index in [1.165, 1.54) is 11.8 Å². The van der Waals surface area contributed by atoms with E-state index in [4.69, 9.17) is 14.2 Å². The van der Waals surface area contributed by atoms with Gasteiger partial charge in [-0.2, -0.15) is 0 Å². The lowest BCUT2D eigenvalue weighted by Gasteiger charge is -2.33. The van der Waals surface area contributed by atoms with Crippen LogP contribution >= 0.6 is 0 Å². The summed E-state index contributed by atoms with van der Waals surface area (Å²) >= 11 is 0. The molecule has 26 heavy (non-hydrogen) atoms. The maximum atomic E-state index is 12.3. The minimum atomic E-state index is -0.854. The van der Waals surface area contributed by atoms with E-state index in [-0.39, 0.29) is 25.7 Å². The van der Waals surface area contributed by atoms with Gasteiger partial charge in [-0.25, -0.2) is 4.79 Å². The molecule has 0 radical (unpaired) electrons. The van der Waals surface area contributed by atoms with Gasteiger partial charge in [0, 0.05) is 6.92 Å². The van der Waals surface area contributed by atoms with E-state index in [1.54, 1.807) is 18.2 Å². The van der Waals surface area contributed by atoms with Gasteiger partial charge in [-0.15, -0.1) is 0 Å². The fourth-order valence-corrected chi connectivity index (χ4v) is 2.68. The van der Waals surface area contributed by atoms with Crippen molar-refractivity contribution in [2.24, 2.45) is 0 Å². The molecule has 136 valence electrons. The zero-order valence-corrected chi connectivity index (χ0v) is 14.8. The lowest BCUT2D eigenvalue weighted by atomic mass is 10.2. The third-order valence-electron chi connectivity index (χ3n) is 4.03. The fourth-order valence-electron chi connectivity index (χ4n) is 2.68. The number of hydrogen-bond acceptors (Lipinski definition) is 5. The lowest BCUT2D eigenvalue weighted by Crippen LogP contribution is -2.47. The van der Waals surface area contributed by atoms with Crippen LogP contribution in [-0.2, 0) is 14.3 Å². The number of anilines is 1. The van der Waals surface area contributed by atoms with Gasteiger partial charge in [-0.1, -0.05) is 29.8 Å². The summed E-state index contributed by atoms with van der Waals surface area (Å²) < 4.78 is 16.5. The number of para-hydroxylation sites is 2. The van der Waals surface area contributed by atoms with Crippen molar-refractivity contribution in [2.45, 2.75) is 20.0 Å². The standard InChI is InChI=1S/C20H21NO5/c1-14-7-9-16(10-8-14)24-11-12-25-20(23)19-13-21(15(2)22)17-5-3-4-6-18(17)26-19/h3-10,19H,11-13H2,1-2H3. The predicted molar refractivity (Wildman–Crippen MR) is 96.5 cm³/mol. The first-order chi connectivity index (χ1) is 12.5. The Morgan fingerprint density at radius 1 is 1.12 bits per heavy atom. The summed E-state index contributed by atoms with van der Waals surface area (Å²) in [6.45, 7) is 3.94.